The first-order chi connectivity index (χ1) is 13.7. The van der Waals surface area contributed by atoms with Crippen molar-refractivity contribution < 1.29 is 18.6 Å². The Morgan fingerprint density at radius 2 is 1.55 bits per heavy atom. The fourth-order valence-corrected chi connectivity index (χ4v) is 8.61. The highest BCUT2D eigenvalue weighted by Gasteiger charge is 2.65. The lowest BCUT2D eigenvalue weighted by Gasteiger charge is -2.41. The van der Waals surface area contributed by atoms with Crippen molar-refractivity contribution in [2.24, 2.45) is 16.7 Å². The summed E-state index contributed by atoms with van der Waals surface area (Å²) in [4.78, 5) is 0. The smallest absolute Gasteiger partial charge is 0.160 e. The number of hydrogen-bond donors (Lipinski definition) is 2. The van der Waals surface area contributed by atoms with Crippen LogP contribution in [0.5, 0.6) is 0 Å². The Balaban J connectivity index is 1.76. The van der Waals surface area contributed by atoms with Crippen molar-refractivity contribution in [3.8, 4) is 0 Å². The zero-order valence-corrected chi connectivity index (χ0v) is 17.8. The number of aliphatic hydroxyl groups excluding tert-OH is 2. The van der Waals surface area contributed by atoms with E-state index in [1.165, 1.54) is 0 Å². The molecule has 4 nitrogen and oxygen atoms in total. The summed E-state index contributed by atoms with van der Waals surface area (Å²) in [6.07, 6.45) is 0.556. The molecule has 0 radical (unpaired) electrons. The lowest BCUT2D eigenvalue weighted by atomic mass is 9.70. The third-order valence-corrected chi connectivity index (χ3v) is 10.0. The van der Waals surface area contributed by atoms with Crippen LogP contribution in [0.2, 0.25) is 0 Å². The van der Waals surface area contributed by atoms with Gasteiger partial charge < -0.3 is 10.2 Å². The van der Waals surface area contributed by atoms with Gasteiger partial charge in [0.05, 0.1) is 18.0 Å². The molecule has 5 heteroatoms. The monoisotopic (exact) mass is 414 g/mol. The number of benzene rings is 2. The first kappa shape index (κ1) is 20.6. The van der Waals surface area contributed by atoms with E-state index in [-0.39, 0.29) is 11.2 Å². The molecule has 29 heavy (non-hydrogen) atoms. The quantitative estimate of drug-likeness (QED) is 0.747. The van der Waals surface area contributed by atoms with Gasteiger partial charge in [-0.2, -0.15) is 0 Å². The number of fused-ring (bicyclic) bond motifs is 2. The predicted molar refractivity (Wildman–Crippen MR) is 114 cm³/mol. The highest BCUT2D eigenvalue weighted by Crippen LogP contribution is 2.66. The van der Waals surface area contributed by atoms with E-state index in [4.69, 9.17) is 0 Å². The molecular weight excluding hydrogens is 384 g/mol. The van der Waals surface area contributed by atoms with Crippen LogP contribution < -0.4 is 0 Å². The lowest BCUT2D eigenvalue weighted by molar-refractivity contribution is 0.0149. The van der Waals surface area contributed by atoms with Gasteiger partial charge in [-0.3, -0.25) is 0 Å². The van der Waals surface area contributed by atoms with Gasteiger partial charge >= 0.3 is 0 Å². The Hall–Kier alpha value is -1.69. The number of rotatable bonds is 6. The SMILES string of the molecule is CC1(C)[C@@H]2CC[C@@]1(CS(=O)(=O)[C@@H](c1ccccc1)[C@H](O)c1ccccc1)[C@H](O)C2. The molecule has 0 spiro atoms. The summed E-state index contributed by atoms with van der Waals surface area (Å²) >= 11 is 0. The standard InChI is InChI=1S/C24H30O4S/c1-23(2)19-13-14-24(23,20(25)15-19)16-29(27,28)22(18-11-7-4-8-12-18)21(26)17-9-5-3-6-10-17/h3-12,19-22,25-26H,13-16H2,1-2H3/t19-,20-,21-,22+,24-/m1/s1. The van der Waals surface area contributed by atoms with Crippen molar-refractivity contribution in [1.82, 2.24) is 0 Å². The number of hydrogen-bond acceptors (Lipinski definition) is 4. The van der Waals surface area contributed by atoms with Crippen LogP contribution in [-0.2, 0) is 9.84 Å². The van der Waals surface area contributed by atoms with Crippen LogP contribution in [0.3, 0.4) is 0 Å². The van der Waals surface area contributed by atoms with Gasteiger partial charge in [-0.25, -0.2) is 8.42 Å². The summed E-state index contributed by atoms with van der Waals surface area (Å²) in [5.41, 5.74) is 0.274. The van der Waals surface area contributed by atoms with Gasteiger partial charge in [0.2, 0.25) is 0 Å². The van der Waals surface area contributed by atoms with Gasteiger partial charge in [0.1, 0.15) is 5.25 Å². The van der Waals surface area contributed by atoms with E-state index in [9.17, 15) is 18.6 Å². The Labute approximate surface area is 173 Å². The van der Waals surface area contributed by atoms with Gasteiger partial charge in [0.15, 0.2) is 9.84 Å². The number of sulfone groups is 1. The van der Waals surface area contributed by atoms with Crippen LogP contribution in [0.1, 0.15) is 55.6 Å². The second-order valence-electron chi connectivity index (χ2n) is 9.36. The van der Waals surface area contributed by atoms with Crippen LogP contribution in [0, 0.1) is 16.7 Å². The van der Waals surface area contributed by atoms with Gasteiger partial charge in [-0.15, -0.1) is 0 Å². The van der Waals surface area contributed by atoms with E-state index in [0.29, 0.717) is 29.9 Å². The highest BCUT2D eigenvalue weighted by molar-refractivity contribution is 7.91. The Morgan fingerprint density at radius 1 is 1.00 bits per heavy atom. The van der Waals surface area contributed by atoms with Crippen LogP contribution in [0.15, 0.2) is 60.7 Å². The minimum Gasteiger partial charge on any atom is -0.392 e. The van der Waals surface area contributed by atoms with Crippen molar-refractivity contribution in [2.75, 3.05) is 5.75 Å². The zero-order chi connectivity index (χ0) is 20.9. The minimum atomic E-state index is -3.76. The maximum atomic E-state index is 13.8. The second kappa shape index (κ2) is 7.22. The lowest BCUT2D eigenvalue weighted by Crippen LogP contribution is -2.45. The van der Waals surface area contributed by atoms with E-state index < -0.39 is 32.7 Å². The molecule has 2 aliphatic rings. The van der Waals surface area contributed by atoms with E-state index in [2.05, 4.69) is 13.8 Å². The molecule has 4 rings (SSSR count). The minimum absolute atomic E-state index is 0.103. The summed E-state index contributed by atoms with van der Waals surface area (Å²) in [5, 5.41) is 20.9. The van der Waals surface area contributed by atoms with Crippen LogP contribution in [0.4, 0.5) is 0 Å². The summed E-state index contributed by atoms with van der Waals surface area (Å²) in [6, 6.07) is 17.9. The molecule has 0 unspecified atom stereocenters. The highest BCUT2D eigenvalue weighted by atomic mass is 32.2. The normalized spacial score (nSPS) is 30.2. The molecule has 0 saturated heterocycles. The molecule has 2 aromatic rings. The summed E-state index contributed by atoms with van der Waals surface area (Å²) in [7, 11) is -3.76. The van der Waals surface area contributed by atoms with Crippen LogP contribution in [0.25, 0.3) is 0 Å². The fraction of sp³-hybridized carbons (Fsp3) is 0.500. The number of aliphatic hydroxyl groups is 2. The molecule has 5 atom stereocenters. The van der Waals surface area contributed by atoms with Gasteiger partial charge in [-0.05, 0) is 41.7 Å². The molecular formula is C24H30O4S. The summed E-state index contributed by atoms with van der Waals surface area (Å²) < 4.78 is 27.7. The molecule has 0 aliphatic heterocycles. The van der Waals surface area contributed by atoms with Crippen molar-refractivity contribution in [2.45, 2.75) is 50.6 Å². The van der Waals surface area contributed by atoms with Gasteiger partial charge in [-0.1, -0.05) is 74.5 Å². The van der Waals surface area contributed by atoms with E-state index in [1.54, 1.807) is 48.5 Å². The molecule has 2 aromatic carbocycles. The van der Waals surface area contributed by atoms with E-state index >= 15 is 0 Å². The predicted octanol–water partition coefficient (Wildman–Crippen LogP) is 4.06. The molecule has 2 N–H and O–H groups in total. The molecule has 2 fully saturated rings. The molecule has 2 saturated carbocycles. The second-order valence-corrected chi connectivity index (χ2v) is 11.5. The summed E-state index contributed by atoms with van der Waals surface area (Å²) in [6.45, 7) is 4.20. The Bertz CT molecular complexity index is 955. The molecule has 2 aliphatic carbocycles. The van der Waals surface area contributed by atoms with E-state index in [1.807, 2.05) is 12.1 Å². The van der Waals surface area contributed by atoms with Crippen LogP contribution >= 0.6 is 0 Å². The topological polar surface area (TPSA) is 74.6 Å². The van der Waals surface area contributed by atoms with Crippen molar-refractivity contribution in [3.63, 3.8) is 0 Å². The first-order valence-corrected chi connectivity index (χ1v) is 12.1. The van der Waals surface area contributed by atoms with Gasteiger partial charge in [0.25, 0.3) is 0 Å². The maximum Gasteiger partial charge on any atom is 0.160 e. The third-order valence-electron chi connectivity index (χ3n) is 7.79. The van der Waals surface area contributed by atoms with Crippen molar-refractivity contribution >= 4 is 9.84 Å². The van der Waals surface area contributed by atoms with E-state index in [0.717, 1.165) is 6.42 Å². The fourth-order valence-electron chi connectivity index (χ4n) is 5.88. The molecule has 2 bridgehead atoms. The molecule has 0 amide bonds. The molecule has 156 valence electrons. The Kier molecular flexibility index (Phi) is 5.12. The first-order valence-electron chi connectivity index (χ1n) is 10.4. The average Bonchev–Trinajstić information content (AvgIpc) is 3.03. The Morgan fingerprint density at radius 3 is 2.03 bits per heavy atom. The zero-order valence-electron chi connectivity index (χ0n) is 17.0. The maximum absolute atomic E-state index is 13.8. The molecule has 0 aromatic heterocycles. The third kappa shape index (κ3) is 3.24. The summed E-state index contributed by atoms with van der Waals surface area (Å²) in [5.74, 6) is 0.246. The average molecular weight is 415 g/mol. The van der Waals surface area contributed by atoms with Crippen molar-refractivity contribution in [3.05, 3.63) is 71.8 Å². The van der Waals surface area contributed by atoms with Crippen LogP contribution in [-0.4, -0.2) is 30.5 Å². The van der Waals surface area contributed by atoms with Crippen molar-refractivity contribution in [1.29, 1.82) is 0 Å². The molecule has 0 heterocycles. The van der Waals surface area contributed by atoms with Gasteiger partial charge in [0, 0.05) is 5.41 Å². The largest absolute Gasteiger partial charge is 0.392 e.